The quantitative estimate of drug-likeness (QED) is 0.588. The first kappa shape index (κ1) is 16.4. The Morgan fingerprint density at radius 1 is 0.963 bits per heavy atom. The Labute approximate surface area is 158 Å². The van der Waals surface area contributed by atoms with Crippen molar-refractivity contribution in [2.75, 3.05) is 19.6 Å². The number of rotatable bonds is 5. The van der Waals surface area contributed by atoms with Gasteiger partial charge < -0.3 is 19.1 Å². The highest BCUT2D eigenvalue weighted by molar-refractivity contribution is 5.88. The van der Waals surface area contributed by atoms with Gasteiger partial charge in [-0.2, -0.15) is 0 Å². The van der Waals surface area contributed by atoms with Gasteiger partial charge in [0.05, 0.1) is 17.4 Å². The Bertz CT molecular complexity index is 1090. The fraction of sp³-hybridized carbons (Fsp3) is 0.318. The van der Waals surface area contributed by atoms with Crippen LogP contribution in [0.3, 0.4) is 0 Å². The summed E-state index contributed by atoms with van der Waals surface area (Å²) in [6.45, 7) is 4.98. The smallest absolute Gasteiger partial charge is 0.199 e. The summed E-state index contributed by atoms with van der Waals surface area (Å²) >= 11 is 0. The van der Waals surface area contributed by atoms with Crippen LogP contribution in [0, 0.1) is 0 Å². The first-order chi connectivity index (χ1) is 13.3. The molecule has 0 aliphatic carbocycles. The zero-order chi connectivity index (χ0) is 18.2. The van der Waals surface area contributed by atoms with E-state index in [0.717, 1.165) is 41.4 Å². The molecule has 4 aromatic rings. The van der Waals surface area contributed by atoms with Crippen molar-refractivity contribution in [3.05, 3.63) is 60.6 Å². The van der Waals surface area contributed by atoms with Crippen molar-refractivity contribution in [3.8, 4) is 5.88 Å². The summed E-state index contributed by atoms with van der Waals surface area (Å²) in [4.78, 5) is 6.94. The summed E-state index contributed by atoms with van der Waals surface area (Å²) in [5, 5.41) is 12.6. The molecule has 138 valence electrons. The summed E-state index contributed by atoms with van der Waals surface area (Å²) in [5.74, 6) is 0.379. The fourth-order valence-corrected chi connectivity index (χ4v) is 4.16. The second-order valence-corrected chi connectivity index (χ2v) is 7.48. The Morgan fingerprint density at radius 2 is 1.81 bits per heavy atom. The first-order valence-corrected chi connectivity index (χ1v) is 9.71. The lowest BCUT2D eigenvalue weighted by Gasteiger charge is -2.15. The molecule has 0 saturated carbocycles. The maximum atomic E-state index is 10.6. The Hall–Kier alpha value is -2.79. The lowest BCUT2D eigenvalue weighted by molar-refractivity contribution is 0.312. The molecule has 1 saturated heterocycles. The summed E-state index contributed by atoms with van der Waals surface area (Å²) in [6, 6.07) is 14.5. The summed E-state index contributed by atoms with van der Waals surface area (Å²) in [5.41, 5.74) is 3.37. The lowest BCUT2D eigenvalue weighted by atomic mass is 10.1. The van der Waals surface area contributed by atoms with E-state index in [2.05, 4.69) is 38.8 Å². The third kappa shape index (κ3) is 3.08. The molecule has 0 atom stereocenters. The molecule has 1 aliphatic rings. The molecular weight excluding hydrogens is 336 g/mol. The number of likely N-dealkylation sites (tertiary alicyclic amines) is 1. The molecule has 27 heavy (non-hydrogen) atoms. The van der Waals surface area contributed by atoms with E-state index >= 15 is 0 Å². The predicted molar refractivity (Wildman–Crippen MR) is 108 cm³/mol. The van der Waals surface area contributed by atoms with E-state index in [-0.39, 0.29) is 0 Å². The molecule has 0 unspecified atom stereocenters. The van der Waals surface area contributed by atoms with Crippen LogP contribution in [0.2, 0.25) is 0 Å². The van der Waals surface area contributed by atoms with Crippen molar-refractivity contribution in [3.63, 3.8) is 0 Å². The van der Waals surface area contributed by atoms with Gasteiger partial charge in [0.2, 0.25) is 0 Å². The maximum absolute atomic E-state index is 10.6. The number of aromatic hydroxyl groups is 1. The summed E-state index contributed by atoms with van der Waals surface area (Å²) in [7, 11) is 0. The van der Waals surface area contributed by atoms with Gasteiger partial charge >= 0.3 is 0 Å². The van der Waals surface area contributed by atoms with Crippen molar-refractivity contribution >= 4 is 21.8 Å². The van der Waals surface area contributed by atoms with Crippen LogP contribution in [0.5, 0.6) is 5.88 Å². The molecular formula is C22H24N4O. The average molecular weight is 360 g/mol. The van der Waals surface area contributed by atoms with Gasteiger partial charge in [0, 0.05) is 36.6 Å². The minimum Gasteiger partial charge on any atom is -0.494 e. The van der Waals surface area contributed by atoms with Gasteiger partial charge in [-0.25, -0.2) is 4.98 Å². The van der Waals surface area contributed by atoms with Crippen molar-refractivity contribution in [2.45, 2.75) is 25.9 Å². The van der Waals surface area contributed by atoms with E-state index in [4.69, 9.17) is 0 Å². The summed E-state index contributed by atoms with van der Waals surface area (Å²) in [6.07, 6.45) is 6.57. The van der Waals surface area contributed by atoms with E-state index in [1.807, 2.05) is 35.2 Å². The van der Waals surface area contributed by atoms with Crippen LogP contribution in [0.15, 0.2) is 55.0 Å². The van der Waals surface area contributed by atoms with E-state index in [1.54, 1.807) is 0 Å². The molecule has 1 fully saturated rings. The maximum Gasteiger partial charge on any atom is 0.199 e. The molecule has 1 N–H and O–H groups in total. The largest absolute Gasteiger partial charge is 0.494 e. The van der Waals surface area contributed by atoms with Gasteiger partial charge in [0.15, 0.2) is 5.88 Å². The number of aromatic nitrogens is 3. The van der Waals surface area contributed by atoms with Gasteiger partial charge in [-0.3, -0.25) is 0 Å². The van der Waals surface area contributed by atoms with E-state index in [1.165, 1.54) is 31.5 Å². The van der Waals surface area contributed by atoms with Crippen molar-refractivity contribution < 1.29 is 5.11 Å². The molecule has 5 rings (SSSR count). The number of benzene rings is 2. The third-order valence-electron chi connectivity index (χ3n) is 5.66. The number of hydrogen-bond donors (Lipinski definition) is 1. The monoisotopic (exact) mass is 360 g/mol. The molecule has 0 bridgehead atoms. The van der Waals surface area contributed by atoms with Crippen LogP contribution >= 0.6 is 0 Å². The average Bonchev–Trinajstić information content (AvgIpc) is 3.41. The van der Waals surface area contributed by atoms with Crippen molar-refractivity contribution in [1.82, 2.24) is 19.0 Å². The van der Waals surface area contributed by atoms with E-state index < -0.39 is 0 Å². The number of fused-ring (bicyclic) bond motifs is 2. The third-order valence-corrected chi connectivity index (χ3v) is 5.66. The second-order valence-electron chi connectivity index (χ2n) is 7.48. The van der Waals surface area contributed by atoms with Crippen molar-refractivity contribution in [2.24, 2.45) is 0 Å². The van der Waals surface area contributed by atoms with Gasteiger partial charge in [-0.15, -0.1) is 0 Å². The lowest BCUT2D eigenvalue weighted by Crippen LogP contribution is -2.23. The number of nitrogens with zero attached hydrogens (tertiary/aromatic N) is 4. The van der Waals surface area contributed by atoms with Crippen LogP contribution in [0.25, 0.3) is 21.8 Å². The number of para-hydroxylation sites is 2. The van der Waals surface area contributed by atoms with Gasteiger partial charge in [-0.1, -0.05) is 18.2 Å². The predicted octanol–water partition coefficient (Wildman–Crippen LogP) is 3.84. The summed E-state index contributed by atoms with van der Waals surface area (Å²) < 4.78 is 4.15. The zero-order valence-corrected chi connectivity index (χ0v) is 15.4. The van der Waals surface area contributed by atoms with Crippen LogP contribution in [0.4, 0.5) is 0 Å². The normalized spacial score (nSPS) is 15.3. The van der Waals surface area contributed by atoms with E-state index in [0.29, 0.717) is 5.88 Å². The Balaban J connectivity index is 1.39. The molecule has 2 aromatic heterocycles. The highest BCUT2D eigenvalue weighted by Crippen LogP contribution is 2.28. The second kappa shape index (κ2) is 6.74. The molecule has 5 heteroatoms. The Morgan fingerprint density at radius 3 is 2.70 bits per heavy atom. The van der Waals surface area contributed by atoms with Crippen LogP contribution in [0.1, 0.15) is 18.4 Å². The van der Waals surface area contributed by atoms with Gasteiger partial charge in [0.25, 0.3) is 0 Å². The highest BCUT2D eigenvalue weighted by Gasteiger charge is 2.14. The fourth-order valence-electron chi connectivity index (χ4n) is 4.16. The molecule has 0 radical (unpaired) electrons. The topological polar surface area (TPSA) is 46.2 Å². The molecule has 5 nitrogen and oxygen atoms in total. The highest BCUT2D eigenvalue weighted by atomic mass is 16.3. The molecule has 3 heterocycles. The van der Waals surface area contributed by atoms with Crippen LogP contribution < -0.4 is 0 Å². The van der Waals surface area contributed by atoms with Gasteiger partial charge in [0.1, 0.15) is 0 Å². The van der Waals surface area contributed by atoms with Gasteiger partial charge in [-0.05, 0) is 55.8 Å². The van der Waals surface area contributed by atoms with Crippen molar-refractivity contribution in [1.29, 1.82) is 0 Å². The zero-order valence-electron chi connectivity index (χ0n) is 15.4. The minimum absolute atomic E-state index is 0.379. The molecule has 0 spiro atoms. The molecule has 1 aliphatic heterocycles. The standard InChI is InChI=1S/C22H24N4O/c27-22-19-8-7-17(14-26-16-23-20-5-1-2-6-21(20)26)13-18(19)15-25(22)12-11-24-9-3-4-10-24/h1-2,5-8,13,15-16,27H,3-4,9-12,14H2. The first-order valence-electron chi connectivity index (χ1n) is 9.71. The number of hydrogen-bond acceptors (Lipinski definition) is 3. The Kier molecular flexibility index (Phi) is 4.09. The minimum atomic E-state index is 0.379. The molecule has 2 aromatic carbocycles. The number of imidazole rings is 1. The SMILES string of the molecule is Oc1c2ccc(Cn3cnc4ccccc43)cc2cn1CCN1CCCC1. The van der Waals surface area contributed by atoms with Crippen LogP contribution in [-0.4, -0.2) is 43.8 Å². The molecule has 0 amide bonds. The van der Waals surface area contributed by atoms with Crippen LogP contribution in [-0.2, 0) is 13.1 Å². The van der Waals surface area contributed by atoms with E-state index in [9.17, 15) is 5.11 Å².